The van der Waals surface area contributed by atoms with E-state index >= 15 is 0 Å². The summed E-state index contributed by atoms with van der Waals surface area (Å²) in [4.78, 5) is 25.4. The lowest BCUT2D eigenvalue weighted by atomic mass is 9.82. The van der Waals surface area contributed by atoms with Crippen molar-refractivity contribution in [3.05, 3.63) is 108 Å². The molecule has 1 aliphatic rings. The minimum atomic E-state index is -3.12. The molecule has 1 saturated carbocycles. The summed E-state index contributed by atoms with van der Waals surface area (Å²) in [6.45, 7) is 10.6. The maximum absolute atomic E-state index is 13.0. The van der Waals surface area contributed by atoms with Crippen LogP contribution in [0.4, 0.5) is 0 Å². The zero-order chi connectivity index (χ0) is 29.3. The molecule has 0 atom stereocenters. The SMILES string of the molecule is C=C(CCC(C)(C)[Si](O)(c1ccccc1)c1ccccc1)C(=O)OC1CCC(c2ccc(CCCCC)cc2)CC1. The fourth-order valence-corrected chi connectivity index (χ4v) is 10.1. The van der Waals surface area contributed by atoms with Gasteiger partial charge < -0.3 is 9.53 Å². The molecule has 0 amide bonds. The molecule has 0 unspecified atom stereocenters. The first kappa shape index (κ1) is 31.0. The van der Waals surface area contributed by atoms with Crippen LogP contribution < -0.4 is 10.4 Å². The van der Waals surface area contributed by atoms with Crippen LogP contribution in [0.1, 0.15) is 95.6 Å². The molecule has 41 heavy (non-hydrogen) atoms. The maximum atomic E-state index is 13.0. The van der Waals surface area contributed by atoms with E-state index in [1.807, 2.05) is 60.7 Å². The molecule has 218 valence electrons. The Morgan fingerprint density at radius 3 is 1.98 bits per heavy atom. The minimum Gasteiger partial charge on any atom is -0.459 e. The van der Waals surface area contributed by atoms with E-state index in [-0.39, 0.29) is 12.1 Å². The number of rotatable bonds is 13. The van der Waals surface area contributed by atoms with Crippen molar-refractivity contribution in [2.24, 2.45) is 0 Å². The van der Waals surface area contributed by atoms with E-state index in [1.54, 1.807) is 0 Å². The smallest absolute Gasteiger partial charge is 0.333 e. The molecule has 1 fully saturated rings. The van der Waals surface area contributed by atoms with Crippen molar-refractivity contribution in [2.45, 2.75) is 102 Å². The van der Waals surface area contributed by atoms with Crippen LogP contribution in [-0.4, -0.2) is 25.2 Å². The van der Waals surface area contributed by atoms with Crippen molar-refractivity contribution in [3.63, 3.8) is 0 Å². The van der Waals surface area contributed by atoms with Crippen molar-refractivity contribution in [3.8, 4) is 0 Å². The Hall–Kier alpha value is -2.95. The van der Waals surface area contributed by atoms with E-state index in [4.69, 9.17) is 4.74 Å². The Bertz CT molecular complexity index is 1200. The first-order valence-electron chi connectivity index (χ1n) is 15.6. The molecule has 4 heteroatoms. The Morgan fingerprint density at radius 2 is 1.44 bits per heavy atom. The zero-order valence-electron chi connectivity index (χ0n) is 25.3. The van der Waals surface area contributed by atoms with Gasteiger partial charge in [-0.25, -0.2) is 4.79 Å². The Labute approximate surface area is 248 Å². The van der Waals surface area contributed by atoms with Crippen LogP contribution in [0.25, 0.3) is 0 Å². The molecule has 0 spiro atoms. The number of carbonyl (C=O) groups is 1. The second-order valence-corrected chi connectivity index (χ2v) is 16.4. The second kappa shape index (κ2) is 14.3. The molecule has 0 heterocycles. The number of unbranched alkanes of at least 4 members (excludes halogenated alkanes) is 2. The van der Waals surface area contributed by atoms with E-state index < -0.39 is 13.4 Å². The maximum Gasteiger partial charge on any atom is 0.333 e. The van der Waals surface area contributed by atoms with Gasteiger partial charge in [-0.3, -0.25) is 0 Å². The molecule has 1 aliphatic carbocycles. The van der Waals surface area contributed by atoms with E-state index in [2.05, 4.69) is 51.6 Å². The number of carbonyl (C=O) groups excluding carboxylic acids is 1. The molecular formula is C37H48O3Si. The standard InChI is InChI=1S/C37H48O3Si/c1-5-6-9-14-30-19-21-31(22-20-30)32-23-25-33(26-24-32)40-36(38)29(2)27-28-37(3,4)41(39,34-15-10-7-11-16-34)35-17-12-8-13-18-35/h7-8,10-13,15-22,32-33,39H,2,5-6,9,14,23-28H2,1,3-4H3. The fourth-order valence-electron chi connectivity index (χ4n) is 6.34. The Morgan fingerprint density at radius 1 is 0.878 bits per heavy atom. The minimum absolute atomic E-state index is 0.0447. The average molecular weight is 569 g/mol. The van der Waals surface area contributed by atoms with Gasteiger partial charge in [0.05, 0.1) is 0 Å². The summed E-state index contributed by atoms with van der Waals surface area (Å²) in [5, 5.41) is 1.53. The van der Waals surface area contributed by atoms with Crippen LogP contribution in [0.15, 0.2) is 97.1 Å². The number of hydrogen-bond acceptors (Lipinski definition) is 3. The van der Waals surface area contributed by atoms with Crippen LogP contribution in [0.3, 0.4) is 0 Å². The number of esters is 1. The molecular weight excluding hydrogens is 520 g/mol. The molecule has 1 N–H and O–H groups in total. The summed E-state index contributed by atoms with van der Waals surface area (Å²) in [5.41, 5.74) is 3.34. The summed E-state index contributed by atoms with van der Waals surface area (Å²) in [5.74, 6) is 0.252. The number of ether oxygens (including phenoxy) is 1. The monoisotopic (exact) mass is 568 g/mol. The van der Waals surface area contributed by atoms with Crippen LogP contribution in [0, 0.1) is 0 Å². The number of hydrogen-bond donors (Lipinski definition) is 1. The van der Waals surface area contributed by atoms with E-state index in [0.29, 0.717) is 24.3 Å². The fraction of sp³-hybridized carbons (Fsp3) is 0.432. The van der Waals surface area contributed by atoms with Gasteiger partial charge in [-0.1, -0.05) is 125 Å². The van der Waals surface area contributed by atoms with Crippen molar-refractivity contribution >= 4 is 24.7 Å². The van der Waals surface area contributed by atoms with Crippen LogP contribution in [0.5, 0.6) is 0 Å². The summed E-state index contributed by atoms with van der Waals surface area (Å²) >= 11 is 0. The first-order chi connectivity index (χ1) is 19.7. The quantitative estimate of drug-likeness (QED) is 0.0988. The average Bonchev–Trinajstić information content (AvgIpc) is 3.01. The van der Waals surface area contributed by atoms with Gasteiger partial charge in [0.2, 0.25) is 0 Å². The summed E-state index contributed by atoms with van der Waals surface area (Å²) in [7, 11) is -3.12. The van der Waals surface area contributed by atoms with Crippen molar-refractivity contribution < 1.29 is 14.3 Å². The highest BCUT2D eigenvalue weighted by molar-refractivity contribution is 6.98. The molecule has 0 aromatic heterocycles. The molecule has 0 radical (unpaired) electrons. The predicted octanol–water partition coefficient (Wildman–Crippen LogP) is 7.86. The third-order valence-electron chi connectivity index (χ3n) is 9.17. The van der Waals surface area contributed by atoms with Gasteiger partial charge in [0.25, 0.3) is 8.32 Å². The summed E-state index contributed by atoms with van der Waals surface area (Å²) in [6, 6.07) is 29.2. The molecule has 0 bridgehead atoms. The van der Waals surface area contributed by atoms with Gasteiger partial charge >= 0.3 is 5.97 Å². The zero-order valence-corrected chi connectivity index (χ0v) is 26.3. The largest absolute Gasteiger partial charge is 0.459 e. The highest BCUT2D eigenvalue weighted by Gasteiger charge is 2.49. The Balaban J connectivity index is 1.30. The number of benzene rings is 3. The van der Waals surface area contributed by atoms with Gasteiger partial charge in [0, 0.05) is 5.57 Å². The summed E-state index contributed by atoms with van der Waals surface area (Å²) in [6.07, 6.45) is 9.94. The van der Waals surface area contributed by atoms with Crippen molar-refractivity contribution in [1.29, 1.82) is 0 Å². The van der Waals surface area contributed by atoms with Gasteiger partial charge in [-0.15, -0.1) is 0 Å². The molecule has 3 aromatic carbocycles. The predicted molar refractivity (Wildman–Crippen MR) is 173 cm³/mol. The third-order valence-corrected chi connectivity index (χ3v) is 13.7. The van der Waals surface area contributed by atoms with Gasteiger partial charge in [-0.05, 0) is 83.8 Å². The third kappa shape index (κ3) is 7.67. The van der Waals surface area contributed by atoms with Crippen LogP contribution in [-0.2, 0) is 16.0 Å². The normalized spacial score (nSPS) is 17.7. The summed E-state index contributed by atoms with van der Waals surface area (Å²) < 4.78 is 5.94. The van der Waals surface area contributed by atoms with E-state index in [1.165, 1.54) is 30.4 Å². The lowest BCUT2D eigenvalue weighted by molar-refractivity contribution is -0.146. The van der Waals surface area contributed by atoms with Crippen molar-refractivity contribution in [1.82, 2.24) is 0 Å². The highest BCUT2D eigenvalue weighted by atomic mass is 28.4. The molecule has 0 saturated heterocycles. The van der Waals surface area contributed by atoms with E-state index in [9.17, 15) is 9.59 Å². The molecule has 0 aliphatic heterocycles. The Kier molecular flexibility index (Phi) is 10.8. The van der Waals surface area contributed by atoms with Gasteiger partial charge in [0.15, 0.2) is 0 Å². The topological polar surface area (TPSA) is 46.5 Å². The van der Waals surface area contributed by atoms with E-state index in [0.717, 1.165) is 42.5 Å². The first-order valence-corrected chi connectivity index (χ1v) is 17.5. The van der Waals surface area contributed by atoms with Gasteiger partial charge in [0.1, 0.15) is 6.10 Å². The molecule has 4 rings (SSSR count). The second-order valence-electron chi connectivity index (χ2n) is 12.5. The lowest BCUT2D eigenvalue weighted by Crippen LogP contribution is -2.65. The molecule has 3 aromatic rings. The van der Waals surface area contributed by atoms with Crippen LogP contribution >= 0.6 is 0 Å². The lowest BCUT2D eigenvalue weighted by Gasteiger charge is -2.41. The number of aryl methyl sites for hydroxylation is 1. The van der Waals surface area contributed by atoms with Gasteiger partial charge in [-0.2, -0.15) is 0 Å². The molecule has 3 nitrogen and oxygen atoms in total. The van der Waals surface area contributed by atoms with Crippen LogP contribution in [0.2, 0.25) is 5.04 Å². The van der Waals surface area contributed by atoms with Crippen molar-refractivity contribution in [2.75, 3.05) is 0 Å². The highest BCUT2D eigenvalue weighted by Crippen LogP contribution is 2.41.